The lowest BCUT2D eigenvalue weighted by atomic mass is 9.82. The summed E-state index contributed by atoms with van der Waals surface area (Å²) in [5.41, 5.74) is 1.78. The van der Waals surface area contributed by atoms with Gasteiger partial charge in [0, 0.05) is 13.2 Å². The molecule has 1 aliphatic heterocycles. The number of rotatable bonds is 3. The molecule has 0 unspecified atom stereocenters. The molecule has 0 atom stereocenters. The molecule has 0 saturated carbocycles. The van der Waals surface area contributed by atoms with Gasteiger partial charge >= 0.3 is 0 Å². The molecule has 0 amide bonds. The van der Waals surface area contributed by atoms with Gasteiger partial charge in [-0.05, 0) is 46.6 Å². The van der Waals surface area contributed by atoms with Crippen LogP contribution in [0, 0.1) is 0 Å². The van der Waals surface area contributed by atoms with Crippen LogP contribution in [-0.4, -0.2) is 24.7 Å². The van der Waals surface area contributed by atoms with Gasteiger partial charge < -0.3 is 4.74 Å². The lowest BCUT2D eigenvalue weighted by Crippen LogP contribution is -2.15. The molecular weight excluding hydrogens is 252 g/mol. The summed E-state index contributed by atoms with van der Waals surface area (Å²) in [6.07, 6.45) is 3.65. The minimum absolute atomic E-state index is 0.0570. The highest BCUT2D eigenvalue weighted by Crippen LogP contribution is 2.39. The molecule has 1 aromatic carbocycles. The molecule has 0 bridgehead atoms. The van der Waals surface area contributed by atoms with Gasteiger partial charge in [0.1, 0.15) is 0 Å². The number of hydrogen-bond acceptors (Lipinski definition) is 1. The first-order valence-corrected chi connectivity index (χ1v) is 9.28. The summed E-state index contributed by atoms with van der Waals surface area (Å²) in [4.78, 5) is 1.59. The summed E-state index contributed by atoms with van der Waals surface area (Å²) in [5, 5.41) is 0. The molecule has 0 N–H and O–H groups in total. The van der Waals surface area contributed by atoms with Crippen molar-refractivity contribution in [1.82, 2.24) is 0 Å². The van der Waals surface area contributed by atoms with Gasteiger partial charge in [-0.15, -0.1) is 0 Å². The lowest BCUT2D eigenvalue weighted by molar-refractivity contribution is 0.135. The van der Waals surface area contributed by atoms with Crippen molar-refractivity contribution < 1.29 is 4.74 Å². The maximum atomic E-state index is 5.55. The van der Waals surface area contributed by atoms with Crippen LogP contribution < -0.4 is 0 Å². The van der Waals surface area contributed by atoms with Crippen molar-refractivity contribution in [3.63, 3.8) is 0 Å². The Labute approximate surface area is 121 Å². The quantitative estimate of drug-likeness (QED) is 0.799. The average Bonchev–Trinajstić information content (AvgIpc) is 2.39. The first-order valence-electron chi connectivity index (χ1n) is 7.57. The Morgan fingerprint density at radius 3 is 2.16 bits per heavy atom. The molecule has 19 heavy (non-hydrogen) atoms. The van der Waals surface area contributed by atoms with E-state index in [4.69, 9.17) is 4.74 Å². The summed E-state index contributed by atoms with van der Waals surface area (Å²) in [7, 11) is 0.0570. The highest BCUT2D eigenvalue weighted by atomic mass is 32.2. The van der Waals surface area contributed by atoms with E-state index in [1.165, 1.54) is 36.3 Å². The third kappa shape index (κ3) is 4.00. The van der Waals surface area contributed by atoms with Crippen LogP contribution in [0.2, 0.25) is 0 Å². The third-order valence-electron chi connectivity index (χ3n) is 4.33. The zero-order valence-electron chi connectivity index (χ0n) is 12.6. The predicted octanol–water partition coefficient (Wildman–Crippen LogP) is 4.54. The van der Waals surface area contributed by atoms with Crippen LogP contribution in [0.25, 0.3) is 0 Å². The zero-order chi connectivity index (χ0) is 13.7. The van der Waals surface area contributed by atoms with Gasteiger partial charge in [-0.3, -0.25) is 0 Å². The minimum Gasteiger partial charge on any atom is -0.381 e. The summed E-state index contributed by atoms with van der Waals surface area (Å²) in [5.74, 6) is 2.68. The maximum Gasteiger partial charge on any atom is 0.0473 e. The van der Waals surface area contributed by atoms with E-state index in [1.807, 2.05) is 0 Å². The molecule has 1 fully saturated rings. The van der Waals surface area contributed by atoms with E-state index in [0.717, 1.165) is 13.2 Å². The van der Waals surface area contributed by atoms with Crippen molar-refractivity contribution in [2.24, 2.45) is 0 Å². The zero-order valence-corrected chi connectivity index (χ0v) is 13.5. The van der Waals surface area contributed by atoms with Gasteiger partial charge in [-0.1, -0.05) is 45.0 Å². The average molecular weight is 280 g/mol. The lowest BCUT2D eigenvalue weighted by Gasteiger charge is -2.27. The standard InChI is InChI=1S/C17H28OS/c1-4-17(2,3)15-7-9-16(10-8-15)19-13-5-11-18-12-6-14-19/h7-10,19H,4-6,11-14H2,1-3H3. The number of benzene rings is 1. The Bertz CT molecular complexity index is 375. The fourth-order valence-electron chi connectivity index (χ4n) is 2.51. The normalized spacial score (nSPS) is 19.8. The molecule has 0 aliphatic carbocycles. The Hall–Kier alpha value is -0.470. The van der Waals surface area contributed by atoms with E-state index in [0.29, 0.717) is 5.41 Å². The van der Waals surface area contributed by atoms with E-state index in [-0.39, 0.29) is 10.9 Å². The molecule has 2 heteroatoms. The fraction of sp³-hybridized carbons (Fsp3) is 0.647. The van der Waals surface area contributed by atoms with Crippen molar-refractivity contribution in [3.05, 3.63) is 29.8 Å². The van der Waals surface area contributed by atoms with Crippen LogP contribution in [0.4, 0.5) is 0 Å². The van der Waals surface area contributed by atoms with Gasteiger partial charge in [-0.25, -0.2) is 10.9 Å². The maximum absolute atomic E-state index is 5.55. The van der Waals surface area contributed by atoms with Crippen molar-refractivity contribution in [3.8, 4) is 0 Å². The highest BCUT2D eigenvalue weighted by molar-refractivity contribution is 8.17. The Morgan fingerprint density at radius 1 is 1.05 bits per heavy atom. The van der Waals surface area contributed by atoms with Crippen LogP contribution in [0.1, 0.15) is 45.6 Å². The predicted molar refractivity (Wildman–Crippen MR) is 86.8 cm³/mol. The molecule has 0 radical (unpaired) electrons. The van der Waals surface area contributed by atoms with Crippen LogP contribution in [0.15, 0.2) is 29.2 Å². The Kier molecular flexibility index (Phi) is 5.35. The second kappa shape index (κ2) is 6.81. The van der Waals surface area contributed by atoms with Crippen molar-refractivity contribution in [2.75, 3.05) is 24.7 Å². The number of hydrogen-bond donors (Lipinski definition) is 1. The van der Waals surface area contributed by atoms with Gasteiger partial charge in [0.25, 0.3) is 0 Å². The molecule has 108 valence electrons. The smallest absolute Gasteiger partial charge is 0.0473 e. The number of thiol groups is 1. The molecule has 0 aromatic heterocycles. The van der Waals surface area contributed by atoms with Gasteiger partial charge in [-0.2, -0.15) is 0 Å². The first kappa shape index (κ1) is 14.9. The Balaban J connectivity index is 2.08. The van der Waals surface area contributed by atoms with Crippen LogP contribution in [0.3, 0.4) is 0 Å². The molecule has 1 aromatic rings. The molecule has 1 nitrogen and oxygen atoms in total. The van der Waals surface area contributed by atoms with E-state index >= 15 is 0 Å². The van der Waals surface area contributed by atoms with E-state index in [1.54, 1.807) is 4.90 Å². The molecule has 1 aliphatic rings. The van der Waals surface area contributed by atoms with Crippen molar-refractivity contribution in [1.29, 1.82) is 0 Å². The molecule has 0 spiro atoms. The van der Waals surface area contributed by atoms with E-state index in [2.05, 4.69) is 45.0 Å². The van der Waals surface area contributed by atoms with Crippen LogP contribution >= 0.6 is 10.9 Å². The van der Waals surface area contributed by atoms with Gasteiger partial charge in [0.05, 0.1) is 0 Å². The summed E-state index contributed by atoms with van der Waals surface area (Å²) in [6, 6.07) is 9.49. The first-order chi connectivity index (χ1) is 9.13. The second-order valence-electron chi connectivity index (χ2n) is 6.09. The topological polar surface area (TPSA) is 9.23 Å². The summed E-state index contributed by atoms with van der Waals surface area (Å²) in [6.45, 7) is 8.85. The number of ether oxygens (including phenoxy) is 1. The van der Waals surface area contributed by atoms with Crippen LogP contribution in [-0.2, 0) is 10.2 Å². The van der Waals surface area contributed by atoms with Gasteiger partial charge in [0.2, 0.25) is 0 Å². The minimum atomic E-state index is 0.0570. The highest BCUT2D eigenvalue weighted by Gasteiger charge is 2.18. The second-order valence-corrected chi connectivity index (χ2v) is 8.58. The molecule has 1 heterocycles. The fourth-order valence-corrected chi connectivity index (χ4v) is 4.85. The van der Waals surface area contributed by atoms with Crippen molar-refractivity contribution in [2.45, 2.75) is 50.3 Å². The van der Waals surface area contributed by atoms with Crippen LogP contribution in [0.5, 0.6) is 0 Å². The summed E-state index contributed by atoms with van der Waals surface area (Å²) >= 11 is 0. The monoisotopic (exact) mass is 280 g/mol. The molecule has 1 saturated heterocycles. The van der Waals surface area contributed by atoms with E-state index < -0.39 is 0 Å². The molecule has 2 rings (SSSR count). The SMILES string of the molecule is CCC(C)(C)c1ccc([SH]2CCCOCCC2)cc1. The third-order valence-corrected chi connectivity index (χ3v) is 7.07. The molecular formula is C17H28OS. The van der Waals surface area contributed by atoms with Crippen molar-refractivity contribution >= 4 is 10.9 Å². The van der Waals surface area contributed by atoms with E-state index in [9.17, 15) is 0 Å². The van der Waals surface area contributed by atoms with Gasteiger partial charge in [0.15, 0.2) is 0 Å². The Morgan fingerprint density at radius 2 is 1.63 bits per heavy atom. The summed E-state index contributed by atoms with van der Waals surface area (Å²) < 4.78 is 5.55. The largest absolute Gasteiger partial charge is 0.381 e.